The van der Waals surface area contributed by atoms with Gasteiger partial charge in [0.25, 0.3) is 0 Å². The number of rotatable bonds is 2. The predicted octanol–water partition coefficient (Wildman–Crippen LogP) is 3.24. The van der Waals surface area contributed by atoms with Gasteiger partial charge in [-0.1, -0.05) is 26.0 Å². The van der Waals surface area contributed by atoms with Gasteiger partial charge in [0.05, 0.1) is 4.47 Å². The second kappa shape index (κ2) is 4.20. The summed E-state index contributed by atoms with van der Waals surface area (Å²) in [5, 5.41) is 0. The molecule has 2 N–H and O–H groups in total. The van der Waals surface area contributed by atoms with E-state index in [1.807, 2.05) is 13.8 Å². The molecule has 0 radical (unpaired) electrons. The van der Waals surface area contributed by atoms with Crippen LogP contribution in [0, 0.1) is 11.7 Å². The zero-order valence-corrected chi connectivity index (χ0v) is 9.31. The lowest BCUT2D eigenvalue weighted by Crippen LogP contribution is -2.18. The van der Waals surface area contributed by atoms with Gasteiger partial charge >= 0.3 is 0 Å². The Balaban J connectivity index is 3.07. The monoisotopic (exact) mass is 245 g/mol. The van der Waals surface area contributed by atoms with Gasteiger partial charge in [0.1, 0.15) is 5.82 Å². The second-order valence-corrected chi connectivity index (χ2v) is 4.27. The van der Waals surface area contributed by atoms with Crippen molar-refractivity contribution in [3.63, 3.8) is 0 Å². The highest BCUT2D eigenvalue weighted by Gasteiger charge is 2.15. The summed E-state index contributed by atoms with van der Waals surface area (Å²) in [6, 6.07) is 4.96. The molecule has 1 aromatic rings. The molecule has 0 bridgehead atoms. The van der Waals surface area contributed by atoms with Crippen molar-refractivity contribution in [3.05, 3.63) is 34.1 Å². The van der Waals surface area contributed by atoms with Crippen LogP contribution >= 0.6 is 15.9 Å². The van der Waals surface area contributed by atoms with Crippen LogP contribution < -0.4 is 5.73 Å². The van der Waals surface area contributed by atoms with E-state index in [0.717, 1.165) is 0 Å². The first-order valence-electron chi connectivity index (χ1n) is 4.23. The summed E-state index contributed by atoms with van der Waals surface area (Å²) in [5.74, 6) is -0.00694. The molecule has 0 fully saturated rings. The molecule has 1 atom stereocenters. The summed E-state index contributed by atoms with van der Waals surface area (Å²) >= 11 is 3.13. The molecule has 72 valence electrons. The Kier molecular flexibility index (Phi) is 3.45. The van der Waals surface area contributed by atoms with E-state index >= 15 is 0 Å². The van der Waals surface area contributed by atoms with Crippen LogP contribution in [0.15, 0.2) is 22.7 Å². The van der Waals surface area contributed by atoms with Crippen molar-refractivity contribution in [2.45, 2.75) is 19.9 Å². The molecule has 1 rings (SSSR count). The van der Waals surface area contributed by atoms with Gasteiger partial charge in [-0.05, 0) is 27.9 Å². The molecule has 0 amide bonds. The number of nitrogens with two attached hydrogens (primary N) is 1. The Morgan fingerprint density at radius 3 is 2.54 bits per heavy atom. The van der Waals surface area contributed by atoms with E-state index in [4.69, 9.17) is 5.73 Å². The van der Waals surface area contributed by atoms with Crippen LogP contribution in [0.5, 0.6) is 0 Å². The smallest absolute Gasteiger partial charge is 0.142 e. The van der Waals surface area contributed by atoms with Crippen molar-refractivity contribution in [2.24, 2.45) is 11.7 Å². The fourth-order valence-corrected chi connectivity index (χ4v) is 1.52. The third kappa shape index (κ3) is 2.29. The number of hydrogen-bond acceptors (Lipinski definition) is 1. The first-order valence-corrected chi connectivity index (χ1v) is 5.03. The number of halogens is 2. The van der Waals surface area contributed by atoms with Gasteiger partial charge in [-0.2, -0.15) is 0 Å². The first-order chi connectivity index (χ1) is 6.04. The Bertz CT molecular complexity index is 299. The van der Waals surface area contributed by atoms with Crippen molar-refractivity contribution in [2.75, 3.05) is 0 Å². The molecule has 1 nitrogen and oxygen atoms in total. The fourth-order valence-electron chi connectivity index (χ4n) is 1.14. The molecule has 0 heterocycles. The fraction of sp³-hybridized carbons (Fsp3) is 0.400. The van der Waals surface area contributed by atoms with Crippen LogP contribution in [0.3, 0.4) is 0 Å². The van der Waals surface area contributed by atoms with Crippen LogP contribution in [-0.4, -0.2) is 0 Å². The summed E-state index contributed by atoms with van der Waals surface area (Å²) in [6.45, 7) is 3.95. The van der Waals surface area contributed by atoms with Crippen LogP contribution in [-0.2, 0) is 0 Å². The van der Waals surface area contributed by atoms with Crippen molar-refractivity contribution in [3.8, 4) is 0 Å². The standard InChI is InChI=1S/C10H13BrFN/c1-6(2)10(13)7-4-3-5-8(11)9(7)12/h3-6,10H,13H2,1-2H3. The number of hydrogen-bond donors (Lipinski definition) is 1. The van der Waals surface area contributed by atoms with E-state index in [2.05, 4.69) is 15.9 Å². The summed E-state index contributed by atoms with van der Waals surface area (Å²) in [5.41, 5.74) is 6.42. The van der Waals surface area contributed by atoms with Crippen LogP contribution in [0.2, 0.25) is 0 Å². The molecule has 0 aliphatic rings. The molecule has 0 aliphatic carbocycles. The summed E-state index contributed by atoms with van der Waals surface area (Å²) < 4.78 is 14.0. The van der Waals surface area contributed by atoms with Gasteiger partial charge in [-0.3, -0.25) is 0 Å². The highest BCUT2D eigenvalue weighted by molar-refractivity contribution is 9.10. The molecule has 0 aliphatic heterocycles. The predicted molar refractivity (Wildman–Crippen MR) is 55.9 cm³/mol. The molecular weight excluding hydrogens is 233 g/mol. The van der Waals surface area contributed by atoms with Crippen molar-refractivity contribution in [1.82, 2.24) is 0 Å². The summed E-state index contributed by atoms with van der Waals surface area (Å²) in [7, 11) is 0. The molecule has 1 unspecified atom stereocenters. The molecule has 1 aromatic carbocycles. The van der Waals surface area contributed by atoms with Crippen LogP contribution in [0.4, 0.5) is 4.39 Å². The lowest BCUT2D eigenvalue weighted by molar-refractivity contribution is 0.483. The summed E-state index contributed by atoms with van der Waals surface area (Å²) in [6.07, 6.45) is 0. The Hall–Kier alpha value is -0.410. The van der Waals surface area contributed by atoms with Gasteiger partial charge in [0, 0.05) is 11.6 Å². The van der Waals surface area contributed by atoms with Crippen LogP contribution in [0.1, 0.15) is 25.5 Å². The zero-order chi connectivity index (χ0) is 10.0. The van der Waals surface area contributed by atoms with E-state index in [-0.39, 0.29) is 17.8 Å². The lowest BCUT2D eigenvalue weighted by Gasteiger charge is -2.16. The Morgan fingerprint density at radius 1 is 1.38 bits per heavy atom. The summed E-state index contributed by atoms with van der Waals surface area (Å²) in [4.78, 5) is 0. The normalized spacial score (nSPS) is 13.4. The lowest BCUT2D eigenvalue weighted by atomic mass is 9.97. The molecule has 13 heavy (non-hydrogen) atoms. The van der Waals surface area contributed by atoms with Crippen LogP contribution in [0.25, 0.3) is 0 Å². The van der Waals surface area contributed by atoms with Crippen molar-refractivity contribution in [1.29, 1.82) is 0 Å². The van der Waals surface area contributed by atoms with E-state index in [9.17, 15) is 4.39 Å². The molecule has 0 aromatic heterocycles. The van der Waals surface area contributed by atoms with E-state index < -0.39 is 0 Å². The maximum atomic E-state index is 13.5. The number of benzene rings is 1. The largest absolute Gasteiger partial charge is 0.324 e. The highest BCUT2D eigenvalue weighted by atomic mass is 79.9. The minimum absolute atomic E-state index is 0.238. The molecule has 0 saturated carbocycles. The SMILES string of the molecule is CC(C)C(N)c1cccc(Br)c1F. The molecular formula is C10H13BrFN. The third-order valence-corrected chi connectivity index (χ3v) is 2.67. The van der Waals surface area contributed by atoms with Crippen molar-refractivity contribution >= 4 is 15.9 Å². The molecule has 0 saturated heterocycles. The average molecular weight is 246 g/mol. The van der Waals surface area contributed by atoms with Gasteiger partial charge < -0.3 is 5.73 Å². The molecule has 3 heteroatoms. The van der Waals surface area contributed by atoms with Gasteiger partial charge in [0.2, 0.25) is 0 Å². The Morgan fingerprint density at radius 2 is 2.00 bits per heavy atom. The topological polar surface area (TPSA) is 26.0 Å². The maximum absolute atomic E-state index is 13.5. The van der Waals surface area contributed by atoms with E-state index in [1.165, 1.54) is 0 Å². The van der Waals surface area contributed by atoms with E-state index in [0.29, 0.717) is 10.0 Å². The Labute approximate surface area is 86.3 Å². The van der Waals surface area contributed by atoms with Crippen molar-refractivity contribution < 1.29 is 4.39 Å². The zero-order valence-electron chi connectivity index (χ0n) is 7.72. The highest BCUT2D eigenvalue weighted by Crippen LogP contribution is 2.26. The second-order valence-electron chi connectivity index (χ2n) is 3.41. The van der Waals surface area contributed by atoms with E-state index in [1.54, 1.807) is 18.2 Å². The van der Waals surface area contributed by atoms with Gasteiger partial charge in [0.15, 0.2) is 0 Å². The van der Waals surface area contributed by atoms with Gasteiger partial charge in [-0.15, -0.1) is 0 Å². The minimum atomic E-state index is -0.247. The molecule has 0 spiro atoms. The quantitative estimate of drug-likeness (QED) is 0.851. The minimum Gasteiger partial charge on any atom is -0.324 e. The third-order valence-electron chi connectivity index (χ3n) is 2.06. The maximum Gasteiger partial charge on any atom is 0.142 e. The first kappa shape index (κ1) is 10.7. The van der Waals surface area contributed by atoms with Gasteiger partial charge in [-0.25, -0.2) is 4.39 Å². The average Bonchev–Trinajstić information content (AvgIpc) is 2.08.